The number of hydrogen-bond donors (Lipinski definition) is 1. The van der Waals surface area contributed by atoms with E-state index in [1.54, 1.807) is 6.92 Å². The summed E-state index contributed by atoms with van der Waals surface area (Å²) in [7, 11) is 0. The van der Waals surface area contributed by atoms with Crippen LogP contribution in [-0.2, 0) is 6.18 Å². The van der Waals surface area contributed by atoms with Crippen LogP contribution in [-0.4, -0.2) is 6.54 Å². The van der Waals surface area contributed by atoms with Crippen molar-refractivity contribution in [1.29, 1.82) is 0 Å². The molecule has 0 saturated heterocycles. The van der Waals surface area contributed by atoms with Crippen LogP contribution in [0.1, 0.15) is 30.4 Å². The standard InChI is InChI=1S/C11H13F4N/c1-7(2-3-16)8-4-9(11(13,14)15)6-10(12)5-8/h4-7H,2-3,16H2,1H3. The second-order valence-corrected chi connectivity index (χ2v) is 3.75. The molecule has 1 rings (SSSR count). The second-order valence-electron chi connectivity index (χ2n) is 3.75. The highest BCUT2D eigenvalue weighted by molar-refractivity contribution is 5.29. The molecule has 1 aromatic rings. The van der Waals surface area contributed by atoms with Gasteiger partial charge in [0.05, 0.1) is 5.56 Å². The van der Waals surface area contributed by atoms with E-state index >= 15 is 0 Å². The molecule has 90 valence electrons. The van der Waals surface area contributed by atoms with Gasteiger partial charge in [-0.25, -0.2) is 4.39 Å². The van der Waals surface area contributed by atoms with Crippen molar-refractivity contribution in [2.75, 3.05) is 6.54 Å². The topological polar surface area (TPSA) is 26.0 Å². The van der Waals surface area contributed by atoms with Crippen molar-refractivity contribution in [3.05, 3.63) is 35.1 Å². The van der Waals surface area contributed by atoms with Crippen LogP contribution in [0.5, 0.6) is 0 Å². The third-order valence-electron chi connectivity index (χ3n) is 2.42. The van der Waals surface area contributed by atoms with Gasteiger partial charge in [0.2, 0.25) is 0 Å². The Morgan fingerprint density at radius 1 is 1.25 bits per heavy atom. The molecule has 0 spiro atoms. The highest BCUT2D eigenvalue weighted by Crippen LogP contribution is 2.32. The van der Waals surface area contributed by atoms with E-state index in [4.69, 9.17) is 5.73 Å². The molecule has 0 aliphatic carbocycles. The van der Waals surface area contributed by atoms with Crippen molar-refractivity contribution in [3.8, 4) is 0 Å². The van der Waals surface area contributed by atoms with E-state index in [9.17, 15) is 17.6 Å². The normalized spacial score (nSPS) is 13.9. The molecule has 0 aliphatic heterocycles. The second kappa shape index (κ2) is 4.82. The third kappa shape index (κ3) is 3.20. The van der Waals surface area contributed by atoms with Crippen LogP contribution in [0.3, 0.4) is 0 Å². The zero-order valence-electron chi connectivity index (χ0n) is 8.81. The van der Waals surface area contributed by atoms with Crippen LogP contribution < -0.4 is 5.73 Å². The highest BCUT2D eigenvalue weighted by Gasteiger charge is 2.31. The fourth-order valence-electron chi connectivity index (χ4n) is 1.48. The molecular weight excluding hydrogens is 222 g/mol. The first kappa shape index (κ1) is 13.0. The summed E-state index contributed by atoms with van der Waals surface area (Å²) < 4.78 is 50.2. The first-order valence-corrected chi connectivity index (χ1v) is 4.92. The smallest absolute Gasteiger partial charge is 0.330 e. The zero-order chi connectivity index (χ0) is 12.3. The van der Waals surface area contributed by atoms with E-state index < -0.39 is 17.6 Å². The Bertz CT molecular complexity index is 359. The predicted octanol–water partition coefficient (Wildman–Crippen LogP) is 3.30. The number of rotatable bonds is 3. The molecule has 1 nitrogen and oxygen atoms in total. The van der Waals surface area contributed by atoms with Crippen molar-refractivity contribution < 1.29 is 17.6 Å². The van der Waals surface area contributed by atoms with Crippen molar-refractivity contribution in [1.82, 2.24) is 0 Å². The third-order valence-corrected chi connectivity index (χ3v) is 2.42. The van der Waals surface area contributed by atoms with Gasteiger partial charge in [0.1, 0.15) is 5.82 Å². The van der Waals surface area contributed by atoms with Gasteiger partial charge in [-0.1, -0.05) is 6.92 Å². The summed E-state index contributed by atoms with van der Waals surface area (Å²) in [6.07, 6.45) is -3.99. The predicted molar refractivity (Wildman–Crippen MR) is 53.5 cm³/mol. The van der Waals surface area contributed by atoms with Crippen molar-refractivity contribution in [2.45, 2.75) is 25.4 Å². The molecule has 0 aliphatic rings. The monoisotopic (exact) mass is 235 g/mol. The molecule has 0 bridgehead atoms. The minimum Gasteiger partial charge on any atom is -0.330 e. The first-order valence-electron chi connectivity index (χ1n) is 4.92. The number of nitrogens with two attached hydrogens (primary N) is 1. The molecule has 1 atom stereocenters. The lowest BCUT2D eigenvalue weighted by Gasteiger charge is -2.14. The molecule has 0 saturated carbocycles. The van der Waals surface area contributed by atoms with Crippen LogP contribution in [0.2, 0.25) is 0 Å². The van der Waals surface area contributed by atoms with Crippen LogP contribution in [0.15, 0.2) is 18.2 Å². The summed E-state index contributed by atoms with van der Waals surface area (Å²) in [5.74, 6) is -1.05. The number of benzene rings is 1. The number of hydrogen-bond acceptors (Lipinski definition) is 1. The molecule has 0 heterocycles. The van der Waals surface area contributed by atoms with Crippen LogP contribution >= 0.6 is 0 Å². The van der Waals surface area contributed by atoms with E-state index in [-0.39, 0.29) is 5.92 Å². The van der Waals surface area contributed by atoms with Crippen LogP contribution in [0.25, 0.3) is 0 Å². The molecule has 16 heavy (non-hydrogen) atoms. The number of halogens is 4. The van der Waals surface area contributed by atoms with Gasteiger partial charge in [-0.05, 0) is 42.6 Å². The van der Waals surface area contributed by atoms with Crippen molar-refractivity contribution in [2.24, 2.45) is 5.73 Å². The first-order chi connectivity index (χ1) is 7.34. The van der Waals surface area contributed by atoms with E-state index in [0.29, 0.717) is 24.6 Å². The summed E-state index contributed by atoms with van der Waals surface area (Å²) in [6, 6.07) is 2.59. The summed E-state index contributed by atoms with van der Waals surface area (Å²) in [4.78, 5) is 0. The van der Waals surface area contributed by atoms with Gasteiger partial charge in [-0.15, -0.1) is 0 Å². The highest BCUT2D eigenvalue weighted by atomic mass is 19.4. The van der Waals surface area contributed by atoms with Crippen molar-refractivity contribution >= 4 is 0 Å². The molecule has 0 aromatic heterocycles. The largest absolute Gasteiger partial charge is 0.416 e. The Labute approximate surface area is 91.3 Å². The van der Waals surface area contributed by atoms with Gasteiger partial charge >= 0.3 is 6.18 Å². The Hall–Kier alpha value is -1.10. The molecule has 1 aromatic carbocycles. The molecule has 5 heteroatoms. The van der Waals surface area contributed by atoms with Gasteiger partial charge in [-0.3, -0.25) is 0 Å². The van der Waals surface area contributed by atoms with Gasteiger partial charge in [-0.2, -0.15) is 13.2 Å². The van der Waals surface area contributed by atoms with Gasteiger partial charge < -0.3 is 5.73 Å². The lowest BCUT2D eigenvalue weighted by Crippen LogP contribution is -2.09. The maximum Gasteiger partial charge on any atom is 0.416 e. The minimum absolute atomic E-state index is 0.179. The van der Waals surface area contributed by atoms with Gasteiger partial charge in [0.15, 0.2) is 0 Å². The maximum absolute atomic E-state index is 13.0. The summed E-state index contributed by atoms with van der Waals surface area (Å²) >= 11 is 0. The van der Waals surface area contributed by atoms with Crippen LogP contribution in [0, 0.1) is 5.82 Å². The zero-order valence-corrected chi connectivity index (χ0v) is 8.81. The maximum atomic E-state index is 13.0. The molecular formula is C11H13F4N. The Morgan fingerprint density at radius 2 is 1.88 bits per heavy atom. The Kier molecular flexibility index (Phi) is 3.91. The summed E-state index contributed by atoms with van der Waals surface area (Å²) in [6.45, 7) is 2.08. The van der Waals surface area contributed by atoms with E-state index in [2.05, 4.69) is 0 Å². The quantitative estimate of drug-likeness (QED) is 0.799. The SMILES string of the molecule is CC(CCN)c1cc(F)cc(C(F)(F)F)c1. The van der Waals surface area contributed by atoms with E-state index in [1.807, 2.05) is 0 Å². The lowest BCUT2D eigenvalue weighted by atomic mass is 9.96. The minimum atomic E-state index is -4.51. The average molecular weight is 235 g/mol. The molecule has 0 radical (unpaired) electrons. The van der Waals surface area contributed by atoms with E-state index in [1.165, 1.54) is 0 Å². The van der Waals surface area contributed by atoms with Gasteiger partial charge in [0, 0.05) is 0 Å². The van der Waals surface area contributed by atoms with E-state index in [0.717, 1.165) is 12.1 Å². The Balaban J connectivity index is 3.08. The van der Waals surface area contributed by atoms with Gasteiger partial charge in [0.25, 0.3) is 0 Å². The molecule has 0 fully saturated rings. The van der Waals surface area contributed by atoms with Crippen molar-refractivity contribution in [3.63, 3.8) is 0 Å². The molecule has 2 N–H and O–H groups in total. The lowest BCUT2D eigenvalue weighted by molar-refractivity contribution is -0.137. The Morgan fingerprint density at radius 3 is 2.38 bits per heavy atom. The fraction of sp³-hybridized carbons (Fsp3) is 0.455. The van der Waals surface area contributed by atoms with Crippen LogP contribution in [0.4, 0.5) is 17.6 Å². The molecule has 0 amide bonds. The molecule has 1 unspecified atom stereocenters. The number of alkyl halides is 3. The summed E-state index contributed by atoms with van der Waals surface area (Å²) in [5, 5.41) is 0. The fourth-order valence-corrected chi connectivity index (χ4v) is 1.48. The summed E-state index contributed by atoms with van der Waals surface area (Å²) in [5.41, 5.74) is 4.69. The average Bonchev–Trinajstić information content (AvgIpc) is 2.16.